The van der Waals surface area contributed by atoms with Crippen LogP contribution in [0.15, 0.2) is 52.5 Å². The lowest BCUT2D eigenvalue weighted by molar-refractivity contribution is 0.569. The molecule has 11 heteroatoms. The number of H-pyrrole nitrogens is 1. The highest BCUT2D eigenvalue weighted by Crippen LogP contribution is 2.55. The van der Waals surface area contributed by atoms with Gasteiger partial charge in [0.25, 0.3) is 5.56 Å². The number of halogens is 3. The van der Waals surface area contributed by atoms with Crippen molar-refractivity contribution in [2.45, 2.75) is 37.0 Å². The summed E-state index contributed by atoms with van der Waals surface area (Å²) in [5.41, 5.74) is 1.02. The van der Waals surface area contributed by atoms with Gasteiger partial charge in [0.15, 0.2) is 21.5 Å². The van der Waals surface area contributed by atoms with Gasteiger partial charge in [-0.2, -0.15) is 5.10 Å². The Hall–Kier alpha value is -3.37. The first-order chi connectivity index (χ1) is 17.0. The van der Waals surface area contributed by atoms with Crippen molar-refractivity contribution in [3.8, 4) is 16.9 Å². The minimum absolute atomic E-state index is 0.0148. The zero-order chi connectivity index (χ0) is 25.9. The Balaban J connectivity index is 1.65. The predicted molar refractivity (Wildman–Crippen MR) is 131 cm³/mol. The first-order valence-corrected chi connectivity index (χ1v) is 13.3. The van der Waals surface area contributed by atoms with Gasteiger partial charge >= 0.3 is 0 Å². The van der Waals surface area contributed by atoms with Crippen molar-refractivity contribution >= 4 is 21.4 Å². The van der Waals surface area contributed by atoms with Crippen LogP contribution in [0.3, 0.4) is 0 Å². The van der Waals surface area contributed by atoms with E-state index in [1.54, 1.807) is 26.1 Å². The van der Waals surface area contributed by atoms with Gasteiger partial charge in [-0.15, -0.1) is 0 Å². The number of aryl methyl sites for hydroxylation is 2. The van der Waals surface area contributed by atoms with E-state index in [9.17, 15) is 13.2 Å². The maximum atomic E-state index is 15.9. The molecule has 7 nitrogen and oxygen atoms in total. The van der Waals surface area contributed by atoms with Crippen molar-refractivity contribution in [3.05, 3.63) is 92.3 Å². The Labute approximate surface area is 210 Å². The molecule has 0 spiro atoms. The SMILES string of the molecule is Cc1cnc(-c2cccc(S(C)(=O)=O)c2F)c(F)c1-n1c(C)cc([C@@H]2CC2c2cn[nH]c2)c(Cl)c1=O. The minimum Gasteiger partial charge on any atom is -0.285 e. The third-order valence-electron chi connectivity index (χ3n) is 6.52. The van der Waals surface area contributed by atoms with Gasteiger partial charge in [0.1, 0.15) is 15.6 Å². The summed E-state index contributed by atoms with van der Waals surface area (Å²) in [4.78, 5) is 16.9. The van der Waals surface area contributed by atoms with Crippen LogP contribution in [-0.2, 0) is 9.84 Å². The molecule has 3 aromatic heterocycles. The van der Waals surface area contributed by atoms with Crippen molar-refractivity contribution in [1.29, 1.82) is 0 Å². The summed E-state index contributed by atoms with van der Waals surface area (Å²) in [5, 5.41) is 6.74. The lowest BCUT2D eigenvalue weighted by Crippen LogP contribution is -2.24. The second-order valence-electron chi connectivity index (χ2n) is 9.02. The lowest BCUT2D eigenvalue weighted by atomic mass is 10.0. The van der Waals surface area contributed by atoms with Crippen LogP contribution < -0.4 is 5.56 Å². The Kier molecular flexibility index (Phi) is 5.83. The number of aromatic nitrogens is 4. The molecule has 5 rings (SSSR count). The van der Waals surface area contributed by atoms with E-state index in [1.807, 2.05) is 6.20 Å². The molecule has 36 heavy (non-hydrogen) atoms. The van der Waals surface area contributed by atoms with Crippen LogP contribution >= 0.6 is 11.6 Å². The quantitative estimate of drug-likeness (QED) is 0.398. The third-order valence-corrected chi connectivity index (χ3v) is 8.01. The van der Waals surface area contributed by atoms with E-state index in [1.165, 1.54) is 18.3 Å². The number of nitrogens with one attached hydrogen (secondary N) is 1. The summed E-state index contributed by atoms with van der Waals surface area (Å²) in [6.45, 7) is 3.24. The standard InChI is InChI=1S/C25H21ClF2N4O3S/c1-12-9-29-23(15-5-4-6-19(21(15)27)36(3,34)35)22(28)24(12)32-13(2)7-18(20(26)25(32)33)17-8-16(17)14-10-30-31-11-14/h4-7,9-11,16-17H,8H2,1-3H3,(H,30,31)/t16?,17-/m1/s1. The second-order valence-corrected chi connectivity index (χ2v) is 11.4. The highest BCUT2D eigenvalue weighted by atomic mass is 35.5. The molecule has 1 saturated carbocycles. The summed E-state index contributed by atoms with van der Waals surface area (Å²) in [5.74, 6) is -1.84. The Morgan fingerprint density at radius 2 is 1.89 bits per heavy atom. The molecule has 3 heterocycles. The summed E-state index contributed by atoms with van der Waals surface area (Å²) in [6, 6.07) is 5.41. The first kappa shape index (κ1) is 24.3. The van der Waals surface area contributed by atoms with Gasteiger partial charge in [-0.05, 0) is 67.0 Å². The first-order valence-electron chi connectivity index (χ1n) is 11.1. The van der Waals surface area contributed by atoms with E-state index >= 15 is 8.78 Å². The third kappa shape index (κ3) is 3.94. The number of aromatic amines is 1. The zero-order valence-electron chi connectivity index (χ0n) is 19.5. The molecule has 2 atom stereocenters. The number of nitrogens with zero attached hydrogens (tertiary/aromatic N) is 3. The Morgan fingerprint density at radius 3 is 2.56 bits per heavy atom. The minimum atomic E-state index is -3.90. The fourth-order valence-electron chi connectivity index (χ4n) is 4.66. The van der Waals surface area contributed by atoms with Crippen LogP contribution in [0.5, 0.6) is 0 Å². The molecule has 0 radical (unpaired) electrons. The summed E-state index contributed by atoms with van der Waals surface area (Å²) >= 11 is 6.52. The van der Waals surface area contributed by atoms with Crippen LogP contribution in [0.2, 0.25) is 5.02 Å². The van der Waals surface area contributed by atoms with Crippen molar-refractivity contribution in [2.75, 3.05) is 6.26 Å². The Morgan fingerprint density at radius 1 is 1.14 bits per heavy atom. The fraction of sp³-hybridized carbons (Fsp3) is 0.240. The number of hydrogen-bond donors (Lipinski definition) is 1. The summed E-state index contributed by atoms with van der Waals surface area (Å²) < 4.78 is 56.1. The van der Waals surface area contributed by atoms with E-state index in [-0.39, 0.29) is 28.1 Å². The molecule has 0 saturated heterocycles. The number of hydrogen-bond acceptors (Lipinski definition) is 5. The molecule has 1 aliphatic carbocycles. The topological polar surface area (TPSA) is 97.7 Å². The van der Waals surface area contributed by atoms with Gasteiger partial charge in [0.05, 0.1) is 11.9 Å². The molecule has 1 fully saturated rings. The predicted octanol–water partition coefficient (Wildman–Crippen LogP) is 4.85. The monoisotopic (exact) mass is 530 g/mol. The molecule has 1 aromatic carbocycles. The molecule has 0 aliphatic heterocycles. The maximum Gasteiger partial charge on any atom is 0.274 e. The normalized spacial score (nSPS) is 17.4. The van der Waals surface area contributed by atoms with E-state index < -0.39 is 37.6 Å². The average Bonchev–Trinajstić information content (AvgIpc) is 3.41. The molecule has 1 N–H and O–H groups in total. The van der Waals surface area contributed by atoms with Crippen LogP contribution in [0.4, 0.5) is 8.78 Å². The van der Waals surface area contributed by atoms with E-state index in [0.29, 0.717) is 16.8 Å². The van der Waals surface area contributed by atoms with Crippen LogP contribution in [0, 0.1) is 25.5 Å². The van der Waals surface area contributed by atoms with Gasteiger partial charge in [0, 0.05) is 29.9 Å². The van der Waals surface area contributed by atoms with Crippen molar-refractivity contribution < 1.29 is 17.2 Å². The average molecular weight is 531 g/mol. The molecule has 186 valence electrons. The molecular weight excluding hydrogens is 510 g/mol. The molecule has 1 unspecified atom stereocenters. The van der Waals surface area contributed by atoms with Gasteiger partial charge < -0.3 is 0 Å². The van der Waals surface area contributed by atoms with E-state index in [0.717, 1.165) is 28.9 Å². The fourth-order valence-corrected chi connectivity index (χ4v) is 5.70. The van der Waals surface area contributed by atoms with Crippen LogP contribution in [-0.4, -0.2) is 34.4 Å². The van der Waals surface area contributed by atoms with Gasteiger partial charge in [0.2, 0.25) is 0 Å². The molecule has 4 aromatic rings. The summed E-state index contributed by atoms with van der Waals surface area (Å²) in [7, 11) is -3.90. The highest BCUT2D eigenvalue weighted by Gasteiger charge is 2.42. The zero-order valence-corrected chi connectivity index (χ0v) is 21.1. The lowest BCUT2D eigenvalue weighted by Gasteiger charge is -2.18. The number of sulfone groups is 1. The van der Waals surface area contributed by atoms with Crippen LogP contribution in [0.25, 0.3) is 16.9 Å². The Bertz CT molecular complexity index is 1680. The number of rotatable bonds is 5. The molecular formula is C25H21ClF2N4O3S. The molecule has 1 aliphatic rings. The maximum absolute atomic E-state index is 15.9. The molecule has 0 amide bonds. The largest absolute Gasteiger partial charge is 0.285 e. The van der Waals surface area contributed by atoms with E-state index in [4.69, 9.17) is 11.6 Å². The van der Waals surface area contributed by atoms with Gasteiger partial charge in [-0.3, -0.25) is 19.4 Å². The van der Waals surface area contributed by atoms with Crippen LogP contribution in [0.1, 0.15) is 40.6 Å². The summed E-state index contributed by atoms with van der Waals surface area (Å²) in [6.07, 6.45) is 6.53. The van der Waals surface area contributed by atoms with E-state index in [2.05, 4.69) is 15.2 Å². The van der Waals surface area contributed by atoms with Gasteiger partial charge in [-0.1, -0.05) is 17.7 Å². The van der Waals surface area contributed by atoms with Crippen molar-refractivity contribution in [1.82, 2.24) is 19.7 Å². The van der Waals surface area contributed by atoms with Crippen molar-refractivity contribution in [3.63, 3.8) is 0 Å². The van der Waals surface area contributed by atoms with Crippen molar-refractivity contribution in [2.24, 2.45) is 0 Å². The number of pyridine rings is 2. The highest BCUT2D eigenvalue weighted by molar-refractivity contribution is 7.90. The van der Waals surface area contributed by atoms with Gasteiger partial charge in [-0.25, -0.2) is 17.2 Å². The number of benzene rings is 1. The molecule has 0 bridgehead atoms. The second kappa shape index (κ2) is 8.63. The smallest absolute Gasteiger partial charge is 0.274 e.